The molecule has 0 saturated heterocycles. The van der Waals surface area contributed by atoms with E-state index in [4.69, 9.17) is 21.1 Å². The topological polar surface area (TPSA) is 135 Å². The number of aromatic hydroxyl groups is 1. The Balaban J connectivity index is 1.81. The molecule has 0 unspecified atom stereocenters. The second-order valence-corrected chi connectivity index (χ2v) is 8.32. The molecule has 0 fully saturated rings. The number of methoxy groups -OCH3 is 1. The van der Waals surface area contributed by atoms with E-state index < -0.39 is 16.6 Å². The van der Waals surface area contributed by atoms with Crippen molar-refractivity contribution in [3.8, 4) is 23.3 Å². The van der Waals surface area contributed by atoms with Gasteiger partial charge in [0.1, 0.15) is 24.0 Å². The molecule has 0 saturated carbocycles. The summed E-state index contributed by atoms with van der Waals surface area (Å²) >= 11 is 9.33. The lowest BCUT2D eigenvalue weighted by atomic mass is 10.1. The molecule has 11 heteroatoms. The van der Waals surface area contributed by atoms with Gasteiger partial charge in [-0.3, -0.25) is 14.9 Å². The predicted octanol–water partition coefficient (Wildman–Crippen LogP) is 5.85. The van der Waals surface area contributed by atoms with Crippen molar-refractivity contribution in [2.24, 2.45) is 0 Å². The number of rotatable bonds is 8. The summed E-state index contributed by atoms with van der Waals surface area (Å²) in [4.78, 5) is 22.7. The number of anilines is 1. The fourth-order valence-electron chi connectivity index (χ4n) is 2.94. The molecule has 9 nitrogen and oxygen atoms in total. The van der Waals surface area contributed by atoms with Gasteiger partial charge in [0.15, 0.2) is 11.5 Å². The lowest BCUT2D eigenvalue weighted by molar-refractivity contribution is -0.384. The van der Waals surface area contributed by atoms with Crippen LogP contribution in [-0.2, 0) is 11.4 Å². The van der Waals surface area contributed by atoms with E-state index in [1.54, 1.807) is 30.3 Å². The zero-order valence-corrected chi connectivity index (χ0v) is 20.5. The highest BCUT2D eigenvalue weighted by atomic mass is 79.9. The van der Waals surface area contributed by atoms with Crippen molar-refractivity contribution in [2.75, 3.05) is 12.4 Å². The van der Waals surface area contributed by atoms with E-state index in [9.17, 15) is 25.3 Å². The van der Waals surface area contributed by atoms with Gasteiger partial charge in [0.05, 0.1) is 28.3 Å². The number of nitrogens with one attached hydrogen (secondary N) is 1. The van der Waals surface area contributed by atoms with E-state index in [0.29, 0.717) is 26.6 Å². The van der Waals surface area contributed by atoms with Crippen LogP contribution in [0.15, 0.2) is 64.6 Å². The summed E-state index contributed by atoms with van der Waals surface area (Å²) in [6.45, 7) is 0.256. The molecule has 0 radical (unpaired) electrons. The van der Waals surface area contributed by atoms with Gasteiger partial charge in [-0.25, -0.2) is 0 Å². The quantitative estimate of drug-likeness (QED) is 0.116. The van der Waals surface area contributed by atoms with Crippen molar-refractivity contribution in [2.45, 2.75) is 6.61 Å². The highest BCUT2D eigenvalue weighted by Crippen LogP contribution is 2.38. The summed E-state index contributed by atoms with van der Waals surface area (Å²) in [5.41, 5.74) is 0.669. The van der Waals surface area contributed by atoms with Crippen LogP contribution < -0.4 is 14.8 Å². The largest absolute Gasteiger partial charge is 0.506 e. The maximum atomic E-state index is 12.6. The van der Waals surface area contributed by atoms with Gasteiger partial charge in [0.2, 0.25) is 0 Å². The van der Waals surface area contributed by atoms with Crippen LogP contribution in [0.5, 0.6) is 17.2 Å². The summed E-state index contributed by atoms with van der Waals surface area (Å²) in [7, 11) is 1.46. The maximum Gasteiger partial charge on any atom is 0.273 e. The highest BCUT2D eigenvalue weighted by molar-refractivity contribution is 9.10. The number of non-ortho nitro benzene ring substituents is 1. The van der Waals surface area contributed by atoms with E-state index in [1.165, 1.54) is 19.3 Å². The Kier molecular flexibility index (Phi) is 8.30. The minimum Gasteiger partial charge on any atom is -0.506 e. The monoisotopic (exact) mass is 557 g/mol. The zero-order chi connectivity index (χ0) is 25.5. The number of hydrogen-bond acceptors (Lipinski definition) is 7. The fourth-order valence-corrected chi connectivity index (χ4v) is 3.64. The average Bonchev–Trinajstić information content (AvgIpc) is 2.83. The first kappa shape index (κ1) is 25.6. The smallest absolute Gasteiger partial charge is 0.273 e. The summed E-state index contributed by atoms with van der Waals surface area (Å²) in [5, 5.41) is 33.2. The first-order valence-electron chi connectivity index (χ1n) is 9.87. The van der Waals surface area contributed by atoms with Crippen LogP contribution >= 0.6 is 27.5 Å². The maximum absolute atomic E-state index is 12.6. The van der Waals surface area contributed by atoms with Crippen LogP contribution in [-0.4, -0.2) is 23.0 Å². The summed E-state index contributed by atoms with van der Waals surface area (Å²) < 4.78 is 11.8. The highest BCUT2D eigenvalue weighted by Gasteiger charge is 2.17. The van der Waals surface area contributed by atoms with E-state index >= 15 is 0 Å². The number of phenolic OH excluding ortho intramolecular Hbond substituents is 1. The third-order valence-corrected chi connectivity index (χ3v) is 5.51. The van der Waals surface area contributed by atoms with Gasteiger partial charge in [-0.15, -0.1) is 0 Å². The van der Waals surface area contributed by atoms with Gasteiger partial charge in [-0.1, -0.05) is 23.7 Å². The van der Waals surface area contributed by atoms with E-state index in [-0.39, 0.29) is 23.6 Å². The second kappa shape index (κ2) is 11.4. The Bertz CT molecular complexity index is 1350. The Labute approximate surface area is 213 Å². The molecule has 178 valence electrons. The molecule has 3 rings (SSSR count). The standard InChI is InChI=1S/C24H17BrClN3O6/c1-34-22-10-15(9-19(25)23(22)35-13-14-2-4-17(26)5-3-14)8-16(12-27)24(31)28-20-7-6-18(29(32)33)11-21(20)30/h2-11,30H,13H2,1H3,(H,28,31)/b16-8-. The minimum absolute atomic E-state index is 0.0774. The van der Waals surface area contributed by atoms with Gasteiger partial charge in [0.25, 0.3) is 11.6 Å². The first-order valence-corrected chi connectivity index (χ1v) is 11.0. The number of ether oxygens (including phenoxy) is 2. The summed E-state index contributed by atoms with van der Waals surface area (Å²) in [6.07, 6.45) is 1.33. The lowest BCUT2D eigenvalue weighted by Gasteiger charge is -2.14. The number of nitriles is 1. The van der Waals surface area contributed by atoms with Gasteiger partial charge in [-0.2, -0.15) is 5.26 Å². The van der Waals surface area contributed by atoms with Crippen LogP contribution in [0.4, 0.5) is 11.4 Å². The summed E-state index contributed by atoms with van der Waals surface area (Å²) in [5.74, 6) is -0.519. The molecule has 0 aliphatic heterocycles. The molecule has 0 aliphatic rings. The van der Waals surface area contributed by atoms with Crippen molar-refractivity contribution < 1.29 is 24.3 Å². The molecular weight excluding hydrogens is 542 g/mol. The minimum atomic E-state index is -0.810. The van der Waals surface area contributed by atoms with Crippen molar-refractivity contribution >= 4 is 50.9 Å². The van der Waals surface area contributed by atoms with Gasteiger partial charge in [0, 0.05) is 11.1 Å². The number of benzene rings is 3. The number of nitrogens with zero attached hydrogens (tertiary/aromatic N) is 2. The Hall–Kier alpha value is -4.07. The molecule has 35 heavy (non-hydrogen) atoms. The van der Waals surface area contributed by atoms with Crippen LogP contribution in [0.3, 0.4) is 0 Å². The molecule has 0 spiro atoms. The fraction of sp³-hybridized carbons (Fsp3) is 0.0833. The van der Waals surface area contributed by atoms with Crippen LogP contribution in [0, 0.1) is 21.4 Å². The van der Waals surface area contributed by atoms with Crippen LogP contribution in [0.2, 0.25) is 5.02 Å². The number of nitro benzene ring substituents is 1. The van der Waals surface area contributed by atoms with Crippen LogP contribution in [0.25, 0.3) is 6.08 Å². The normalized spacial score (nSPS) is 10.9. The molecule has 1 amide bonds. The molecular formula is C24H17BrClN3O6. The third kappa shape index (κ3) is 6.50. The number of carbonyl (C=O) groups excluding carboxylic acids is 1. The number of carbonyl (C=O) groups is 1. The van der Waals surface area contributed by atoms with Crippen molar-refractivity contribution in [1.29, 1.82) is 5.26 Å². The zero-order valence-electron chi connectivity index (χ0n) is 18.1. The van der Waals surface area contributed by atoms with Crippen molar-refractivity contribution in [3.05, 3.63) is 90.9 Å². The second-order valence-electron chi connectivity index (χ2n) is 7.03. The van der Waals surface area contributed by atoms with Gasteiger partial charge >= 0.3 is 0 Å². The van der Waals surface area contributed by atoms with E-state index in [0.717, 1.165) is 17.7 Å². The molecule has 0 heterocycles. The number of amides is 1. The number of hydrogen-bond donors (Lipinski definition) is 2. The number of phenols is 1. The Morgan fingerprint density at radius 2 is 1.97 bits per heavy atom. The molecule has 0 bridgehead atoms. The third-order valence-electron chi connectivity index (χ3n) is 4.66. The predicted molar refractivity (Wildman–Crippen MR) is 133 cm³/mol. The average molecular weight is 559 g/mol. The Morgan fingerprint density at radius 3 is 2.57 bits per heavy atom. The molecule has 3 aromatic rings. The van der Waals surface area contributed by atoms with Crippen molar-refractivity contribution in [1.82, 2.24) is 0 Å². The molecule has 3 aromatic carbocycles. The van der Waals surface area contributed by atoms with E-state index in [1.807, 2.05) is 12.1 Å². The molecule has 2 N–H and O–H groups in total. The van der Waals surface area contributed by atoms with Crippen LogP contribution in [0.1, 0.15) is 11.1 Å². The van der Waals surface area contributed by atoms with Crippen molar-refractivity contribution in [3.63, 3.8) is 0 Å². The Morgan fingerprint density at radius 1 is 1.26 bits per heavy atom. The van der Waals surface area contributed by atoms with Gasteiger partial charge < -0.3 is 19.9 Å². The lowest BCUT2D eigenvalue weighted by Crippen LogP contribution is -2.13. The molecule has 0 aromatic heterocycles. The molecule has 0 aliphatic carbocycles. The molecule has 0 atom stereocenters. The van der Waals surface area contributed by atoms with E-state index in [2.05, 4.69) is 21.2 Å². The number of nitro groups is 1. The van der Waals surface area contributed by atoms with Gasteiger partial charge in [-0.05, 0) is 63.5 Å². The SMILES string of the molecule is COc1cc(/C=C(/C#N)C(=O)Nc2ccc([N+](=O)[O-])cc2O)cc(Br)c1OCc1ccc(Cl)cc1. The first-order chi connectivity index (χ1) is 16.7. The summed E-state index contributed by atoms with van der Waals surface area (Å²) in [6, 6.07) is 15.4. The number of halogens is 2.